The van der Waals surface area contributed by atoms with Crippen LogP contribution in [0, 0.1) is 0 Å². The molecule has 1 atom stereocenters. The summed E-state index contributed by atoms with van der Waals surface area (Å²) >= 11 is 6.02. The molecular formula is C18H23ClN6O2. The molecule has 1 unspecified atom stereocenters. The number of fused-ring (bicyclic) bond motifs is 1. The number of nitrogens with one attached hydrogen (secondary N) is 2. The van der Waals surface area contributed by atoms with E-state index >= 15 is 0 Å². The van der Waals surface area contributed by atoms with Crippen LogP contribution in [0.3, 0.4) is 0 Å². The van der Waals surface area contributed by atoms with Crippen LogP contribution in [0.15, 0.2) is 24.5 Å². The zero-order valence-corrected chi connectivity index (χ0v) is 16.0. The molecule has 2 heterocycles. The molecular weight excluding hydrogens is 368 g/mol. The molecule has 0 aliphatic carbocycles. The summed E-state index contributed by atoms with van der Waals surface area (Å²) in [6.45, 7) is 5.02. The minimum absolute atomic E-state index is 0.00984. The minimum atomic E-state index is -0.134. The van der Waals surface area contributed by atoms with Gasteiger partial charge in [-0.3, -0.25) is 0 Å². The van der Waals surface area contributed by atoms with Crippen LogP contribution in [0.4, 0.5) is 11.8 Å². The first-order valence-corrected chi connectivity index (χ1v) is 9.25. The van der Waals surface area contributed by atoms with E-state index in [0.29, 0.717) is 40.1 Å². The number of aliphatic hydroxyl groups excluding tert-OH is 1. The smallest absolute Gasteiger partial charge is 0.227 e. The van der Waals surface area contributed by atoms with E-state index in [1.807, 2.05) is 18.4 Å². The van der Waals surface area contributed by atoms with Crippen LogP contribution < -0.4 is 10.6 Å². The van der Waals surface area contributed by atoms with E-state index in [1.54, 1.807) is 24.5 Å². The zero-order valence-electron chi connectivity index (χ0n) is 15.3. The van der Waals surface area contributed by atoms with Crippen molar-refractivity contribution in [3.63, 3.8) is 0 Å². The summed E-state index contributed by atoms with van der Waals surface area (Å²) in [6.07, 6.45) is 2.46. The quantitative estimate of drug-likeness (QED) is 0.468. The number of hydrogen-bond acceptors (Lipinski definition) is 7. The number of nitrogens with zero attached hydrogens (tertiary/aromatic N) is 4. The Labute approximate surface area is 162 Å². The van der Waals surface area contributed by atoms with Gasteiger partial charge in [-0.1, -0.05) is 18.5 Å². The third kappa shape index (κ3) is 4.23. The molecule has 9 heteroatoms. The third-order valence-corrected chi connectivity index (χ3v) is 4.57. The highest BCUT2D eigenvalue weighted by Gasteiger charge is 2.15. The summed E-state index contributed by atoms with van der Waals surface area (Å²) in [7, 11) is 0. The number of phenolic OH excluding ortho intramolecular Hbond substituents is 1. The molecule has 1 aromatic carbocycles. The molecule has 0 amide bonds. The number of benzene rings is 1. The molecule has 3 aromatic rings. The fraction of sp³-hybridized carbons (Fsp3) is 0.389. The van der Waals surface area contributed by atoms with E-state index in [9.17, 15) is 10.2 Å². The summed E-state index contributed by atoms with van der Waals surface area (Å²) in [5, 5.41) is 26.4. The van der Waals surface area contributed by atoms with Crippen LogP contribution in [0.1, 0.15) is 25.8 Å². The number of phenols is 1. The predicted octanol–water partition coefficient (Wildman–Crippen LogP) is 3.00. The van der Waals surface area contributed by atoms with Gasteiger partial charge in [0.25, 0.3) is 0 Å². The maximum atomic E-state index is 10.0. The normalized spacial score (nSPS) is 12.3. The Morgan fingerprint density at radius 1 is 1.26 bits per heavy atom. The SMILES string of the molecule is CCC(CO)Nc1nc(NCc2cc(Cl)ccc2O)c2ncn(CC)c2n1. The summed E-state index contributed by atoms with van der Waals surface area (Å²) in [5.41, 5.74) is 1.99. The summed E-state index contributed by atoms with van der Waals surface area (Å²) in [6, 6.07) is 4.75. The Bertz CT molecular complexity index is 926. The molecule has 0 spiro atoms. The Kier molecular flexibility index (Phi) is 5.98. The van der Waals surface area contributed by atoms with Crippen molar-refractivity contribution in [2.45, 2.75) is 39.4 Å². The Hall–Kier alpha value is -2.58. The van der Waals surface area contributed by atoms with Crippen LogP contribution in [0.2, 0.25) is 5.02 Å². The number of aromatic nitrogens is 4. The number of imidazole rings is 1. The number of anilines is 2. The molecule has 0 aliphatic rings. The predicted molar refractivity (Wildman–Crippen MR) is 106 cm³/mol. The second-order valence-electron chi connectivity index (χ2n) is 6.16. The van der Waals surface area contributed by atoms with Crippen molar-refractivity contribution in [2.24, 2.45) is 0 Å². The molecule has 2 aromatic heterocycles. The molecule has 3 rings (SSSR count). The average Bonchev–Trinajstić information content (AvgIpc) is 3.09. The molecule has 0 radical (unpaired) electrons. The highest BCUT2D eigenvalue weighted by atomic mass is 35.5. The van der Waals surface area contributed by atoms with Gasteiger partial charge in [0.2, 0.25) is 5.95 Å². The second-order valence-corrected chi connectivity index (χ2v) is 6.59. The number of hydrogen-bond donors (Lipinski definition) is 4. The Morgan fingerprint density at radius 3 is 2.78 bits per heavy atom. The number of aromatic hydroxyl groups is 1. The lowest BCUT2D eigenvalue weighted by Crippen LogP contribution is -2.24. The topological polar surface area (TPSA) is 108 Å². The van der Waals surface area contributed by atoms with Crippen LogP contribution >= 0.6 is 11.6 Å². The molecule has 0 aliphatic heterocycles. The van der Waals surface area contributed by atoms with E-state index in [-0.39, 0.29) is 18.4 Å². The lowest BCUT2D eigenvalue weighted by Gasteiger charge is -2.15. The monoisotopic (exact) mass is 390 g/mol. The van der Waals surface area contributed by atoms with Gasteiger partial charge >= 0.3 is 0 Å². The summed E-state index contributed by atoms with van der Waals surface area (Å²) < 4.78 is 1.92. The maximum Gasteiger partial charge on any atom is 0.227 e. The van der Waals surface area contributed by atoms with Gasteiger partial charge in [0.1, 0.15) is 5.75 Å². The van der Waals surface area contributed by atoms with Crippen molar-refractivity contribution in [3.05, 3.63) is 35.1 Å². The number of halogens is 1. The van der Waals surface area contributed by atoms with Crippen LogP contribution in [-0.4, -0.2) is 42.4 Å². The number of rotatable bonds is 8. The van der Waals surface area contributed by atoms with E-state index in [1.165, 1.54) is 0 Å². The summed E-state index contributed by atoms with van der Waals surface area (Å²) in [5.74, 6) is 1.11. The first-order chi connectivity index (χ1) is 13.0. The van der Waals surface area contributed by atoms with Crippen molar-refractivity contribution in [1.29, 1.82) is 0 Å². The average molecular weight is 391 g/mol. The standard InChI is InChI=1S/C18H23ClN6O2/c1-3-13(9-26)22-18-23-16(15-17(24-18)25(4-2)10-21-15)20-8-11-7-12(19)5-6-14(11)27/h5-7,10,13,26-27H,3-4,8-9H2,1-2H3,(H2,20,22,23,24). The first-order valence-electron chi connectivity index (χ1n) is 8.87. The third-order valence-electron chi connectivity index (χ3n) is 4.34. The highest BCUT2D eigenvalue weighted by Crippen LogP contribution is 2.25. The molecule has 0 fully saturated rings. The van der Waals surface area contributed by atoms with Gasteiger partial charge in [-0.15, -0.1) is 0 Å². The molecule has 27 heavy (non-hydrogen) atoms. The van der Waals surface area contributed by atoms with Gasteiger partial charge in [0.15, 0.2) is 17.0 Å². The van der Waals surface area contributed by atoms with Crippen molar-refractivity contribution >= 4 is 34.5 Å². The molecule has 0 saturated heterocycles. The molecule has 144 valence electrons. The first kappa shape index (κ1) is 19.2. The van der Waals surface area contributed by atoms with E-state index in [4.69, 9.17) is 11.6 Å². The fourth-order valence-electron chi connectivity index (χ4n) is 2.70. The Morgan fingerprint density at radius 2 is 2.07 bits per heavy atom. The van der Waals surface area contributed by atoms with Crippen molar-refractivity contribution < 1.29 is 10.2 Å². The maximum absolute atomic E-state index is 10.0. The van der Waals surface area contributed by atoms with Gasteiger partial charge in [-0.25, -0.2) is 4.98 Å². The molecule has 8 nitrogen and oxygen atoms in total. The van der Waals surface area contributed by atoms with Gasteiger partial charge < -0.3 is 25.4 Å². The van der Waals surface area contributed by atoms with Crippen LogP contribution in [0.5, 0.6) is 5.75 Å². The van der Waals surface area contributed by atoms with Crippen molar-refractivity contribution in [1.82, 2.24) is 19.5 Å². The molecule has 4 N–H and O–H groups in total. The Balaban J connectivity index is 1.94. The van der Waals surface area contributed by atoms with Crippen molar-refractivity contribution in [2.75, 3.05) is 17.2 Å². The molecule has 0 bridgehead atoms. The van der Waals surface area contributed by atoms with Crippen LogP contribution in [0.25, 0.3) is 11.2 Å². The van der Waals surface area contributed by atoms with Crippen LogP contribution in [-0.2, 0) is 13.1 Å². The van der Waals surface area contributed by atoms with Crippen molar-refractivity contribution in [3.8, 4) is 5.75 Å². The fourth-order valence-corrected chi connectivity index (χ4v) is 2.89. The second kappa shape index (κ2) is 8.41. The number of aliphatic hydroxyl groups is 1. The van der Waals surface area contributed by atoms with Gasteiger partial charge in [-0.05, 0) is 31.5 Å². The largest absolute Gasteiger partial charge is 0.508 e. The van der Waals surface area contributed by atoms with E-state index in [0.717, 1.165) is 13.0 Å². The lowest BCUT2D eigenvalue weighted by molar-refractivity contribution is 0.271. The summed E-state index contributed by atoms with van der Waals surface area (Å²) in [4.78, 5) is 13.5. The lowest BCUT2D eigenvalue weighted by atomic mass is 10.2. The zero-order chi connectivity index (χ0) is 19.4. The number of aryl methyl sites for hydroxylation is 1. The van der Waals surface area contributed by atoms with Gasteiger partial charge in [-0.2, -0.15) is 9.97 Å². The van der Waals surface area contributed by atoms with Gasteiger partial charge in [0.05, 0.1) is 19.0 Å². The van der Waals surface area contributed by atoms with E-state index in [2.05, 4.69) is 25.6 Å². The van der Waals surface area contributed by atoms with Gasteiger partial charge in [0, 0.05) is 23.7 Å². The molecule has 0 saturated carbocycles. The highest BCUT2D eigenvalue weighted by molar-refractivity contribution is 6.30. The van der Waals surface area contributed by atoms with E-state index < -0.39 is 0 Å². The minimum Gasteiger partial charge on any atom is -0.508 e.